The average molecular weight is 384 g/mol. The van der Waals surface area contributed by atoms with Crippen molar-refractivity contribution in [1.29, 1.82) is 0 Å². The van der Waals surface area contributed by atoms with Gasteiger partial charge < -0.3 is 14.6 Å². The van der Waals surface area contributed by atoms with Crippen LogP contribution >= 0.6 is 0 Å². The largest absolute Gasteiger partial charge is 0.491 e. The lowest BCUT2D eigenvalue weighted by Crippen LogP contribution is -2.23. The summed E-state index contributed by atoms with van der Waals surface area (Å²) < 4.78 is 11.5. The number of hydrogen-bond donors (Lipinski definition) is 1. The lowest BCUT2D eigenvalue weighted by atomic mass is 10.0. The highest BCUT2D eigenvalue weighted by Gasteiger charge is 2.17. The summed E-state index contributed by atoms with van der Waals surface area (Å²) in [7, 11) is 0. The molecule has 0 fully saturated rings. The number of anilines is 1. The lowest BCUT2D eigenvalue weighted by Gasteiger charge is -2.16. The molecule has 0 aliphatic carbocycles. The molecule has 4 aromatic rings. The van der Waals surface area contributed by atoms with Crippen molar-refractivity contribution in [3.8, 4) is 28.2 Å². The molecule has 146 valence electrons. The number of aryl methyl sites for hydroxylation is 1. The minimum Gasteiger partial charge on any atom is -0.491 e. The van der Waals surface area contributed by atoms with Gasteiger partial charge >= 0.3 is 0 Å². The molecule has 0 radical (unpaired) electrons. The molecule has 0 saturated carbocycles. The van der Waals surface area contributed by atoms with Crippen LogP contribution in [0.15, 0.2) is 89.5 Å². The maximum Gasteiger partial charge on any atom is 0.190 e. The molecule has 4 heteroatoms. The minimum atomic E-state index is 0.0932. The Bertz CT molecular complexity index is 1040. The summed E-state index contributed by atoms with van der Waals surface area (Å²) in [6, 6.07) is 28.6. The van der Waals surface area contributed by atoms with E-state index in [0.717, 1.165) is 28.5 Å². The lowest BCUT2D eigenvalue weighted by molar-refractivity contribution is 0.304. The van der Waals surface area contributed by atoms with Crippen LogP contribution in [-0.4, -0.2) is 17.8 Å². The van der Waals surface area contributed by atoms with Crippen molar-refractivity contribution >= 4 is 5.69 Å². The van der Waals surface area contributed by atoms with Crippen molar-refractivity contribution in [1.82, 2.24) is 5.16 Å². The minimum absolute atomic E-state index is 0.0932. The zero-order valence-electron chi connectivity index (χ0n) is 16.6. The highest BCUT2D eigenvalue weighted by Crippen LogP contribution is 2.32. The molecule has 4 rings (SSSR count). The second-order valence-electron chi connectivity index (χ2n) is 7.08. The van der Waals surface area contributed by atoms with Crippen LogP contribution in [0.1, 0.15) is 12.6 Å². The predicted molar refractivity (Wildman–Crippen MR) is 117 cm³/mol. The molecule has 4 nitrogen and oxygen atoms in total. The number of benzene rings is 3. The molecule has 1 heterocycles. The van der Waals surface area contributed by atoms with Gasteiger partial charge in [0.1, 0.15) is 23.7 Å². The molecular formula is C25H24N2O2. The fourth-order valence-electron chi connectivity index (χ4n) is 3.21. The third-order valence-electron chi connectivity index (χ3n) is 4.75. The molecule has 3 aromatic carbocycles. The van der Waals surface area contributed by atoms with E-state index in [4.69, 9.17) is 9.26 Å². The van der Waals surface area contributed by atoms with Gasteiger partial charge in [0.05, 0.1) is 6.04 Å². The number of hydrogen-bond acceptors (Lipinski definition) is 4. The smallest absolute Gasteiger partial charge is 0.190 e. The van der Waals surface area contributed by atoms with Gasteiger partial charge in [-0.3, -0.25) is 0 Å². The Hall–Kier alpha value is -3.53. The number of aromatic nitrogens is 1. The average Bonchev–Trinajstić information content (AvgIpc) is 3.14. The fourth-order valence-corrected chi connectivity index (χ4v) is 3.21. The van der Waals surface area contributed by atoms with Gasteiger partial charge in [-0.15, -0.1) is 0 Å². The standard InChI is InChI=1S/C25H24N2O2/c1-18(17-28-23-11-7-4-8-12-23)26-24-19(2)27-29-25(24)22-15-13-21(14-16-22)20-9-5-3-6-10-20/h3-16,18,26H,17H2,1-2H3. The van der Waals surface area contributed by atoms with Crippen LogP contribution in [0.2, 0.25) is 0 Å². The molecule has 1 aromatic heterocycles. The maximum absolute atomic E-state index is 5.85. The predicted octanol–water partition coefficient (Wildman–Crippen LogP) is 6.20. The Labute approximate surface area is 171 Å². The van der Waals surface area contributed by atoms with E-state index in [-0.39, 0.29) is 6.04 Å². The Balaban J connectivity index is 1.48. The van der Waals surface area contributed by atoms with E-state index in [2.05, 4.69) is 53.8 Å². The first kappa shape index (κ1) is 18.8. The van der Waals surface area contributed by atoms with Gasteiger partial charge in [-0.25, -0.2) is 0 Å². The molecule has 1 N–H and O–H groups in total. The maximum atomic E-state index is 5.85. The number of para-hydroxylation sites is 1. The summed E-state index contributed by atoms with van der Waals surface area (Å²) in [5.74, 6) is 1.61. The van der Waals surface area contributed by atoms with E-state index in [1.165, 1.54) is 11.1 Å². The van der Waals surface area contributed by atoms with Crippen molar-refractivity contribution in [2.24, 2.45) is 0 Å². The molecule has 0 aliphatic rings. The second kappa shape index (κ2) is 8.65. The van der Waals surface area contributed by atoms with Crippen molar-refractivity contribution in [2.45, 2.75) is 19.9 Å². The molecule has 1 unspecified atom stereocenters. The summed E-state index contributed by atoms with van der Waals surface area (Å²) in [6.07, 6.45) is 0. The van der Waals surface area contributed by atoms with Crippen molar-refractivity contribution in [3.05, 3.63) is 90.6 Å². The summed E-state index contributed by atoms with van der Waals surface area (Å²) >= 11 is 0. The van der Waals surface area contributed by atoms with E-state index in [0.29, 0.717) is 6.61 Å². The number of ether oxygens (including phenoxy) is 1. The van der Waals surface area contributed by atoms with Crippen LogP contribution < -0.4 is 10.1 Å². The summed E-state index contributed by atoms with van der Waals surface area (Å²) in [4.78, 5) is 0. The van der Waals surface area contributed by atoms with Crippen LogP contribution in [0, 0.1) is 6.92 Å². The topological polar surface area (TPSA) is 47.3 Å². The first-order valence-corrected chi connectivity index (χ1v) is 9.77. The van der Waals surface area contributed by atoms with Crippen LogP contribution in [-0.2, 0) is 0 Å². The number of nitrogens with zero attached hydrogens (tertiary/aromatic N) is 1. The number of rotatable bonds is 7. The van der Waals surface area contributed by atoms with Gasteiger partial charge in [-0.2, -0.15) is 0 Å². The van der Waals surface area contributed by atoms with E-state index in [1.807, 2.05) is 55.5 Å². The van der Waals surface area contributed by atoms with E-state index in [9.17, 15) is 0 Å². The SMILES string of the molecule is Cc1noc(-c2ccc(-c3ccccc3)cc2)c1NC(C)COc1ccccc1. The van der Waals surface area contributed by atoms with E-state index < -0.39 is 0 Å². The summed E-state index contributed by atoms with van der Waals surface area (Å²) in [5, 5.41) is 7.66. The van der Waals surface area contributed by atoms with Crippen molar-refractivity contribution in [3.63, 3.8) is 0 Å². The first-order chi connectivity index (χ1) is 14.2. The Morgan fingerprint density at radius 1 is 0.828 bits per heavy atom. The molecular weight excluding hydrogens is 360 g/mol. The Kier molecular flexibility index (Phi) is 5.61. The molecule has 0 saturated heterocycles. The van der Waals surface area contributed by atoms with Crippen LogP contribution in [0.3, 0.4) is 0 Å². The zero-order valence-corrected chi connectivity index (χ0v) is 16.6. The molecule has 0 spiro atoms. The molecule has 0 amide bonds. The molecule has 1 atom stereocenters. The van der Waals surface area contributed by atoms with Gasteiger partial charge in [0.15, 0.2) is 5.76 Å². The van der Waals surface area contributed by atoms with Gasteiger partial charge in [0, 0.05) is 5.56 Å². The van der Waals surface area contributed by atoms with Crippen LogP contribution in [0.4, 0.5) is 5.69 Å². The third kappa shape index (κ3) is 4.49. The normalized spacial score (nSPS) is 11.8. The van der Waals surface area contributed by atoms with E-state index in [1.54, 1.807) is 0 Å². The highest BCUT2D eigenvalue weighted by atomic mass is 16.5. The molecule has 0 bridgehead atoms. The fraction of sp³-hybridized carbons (Fsp3) is 0.160. The highest BCUT2D eigenvalue weighted by molar-refractivity contribution is 5.76. The summed E-state index contributed by atoms with van der Waals surface area (Å²) in [6.45, 7) is 4.57. The molecule has 0 aliphatic heterocycles. The Morgan fingerprint density at radius 2 is 1.41 bits per heavy atom. The van der Waals surface area contributed by atoms with Crippen LogP contribution in [0.5, 0.6) is 5.75 Å². The number of nitrogens with one attached hydrogen (secondary N) is 1. The molecule has 29 heavy (non-hydrogen) atoms. The zero-order chi connectivity index (χ0) is 20.1. The summed E-state index contributed by atoms with van der Waals surface area (Å²) in [5.41, 5.74) is 5.09. The second-order valence-corrected chi connectivity index (χ2v) is 7.08. The van der Waals surface area contributed by atoms with Gasteiger partial charge in [-0.1, -0.05) is 78.0 Å². The van der Waals surface area contributed by atoms with Crippen molar-refractivity contribution in [2.75, 3.05) is 11.9 Å². The third-order valence-corrected chi connectivity index (χ3v) is 4.75. The first-order valence-electron chi connectivity index (χ1n) is 9.77. The Morgan fingerprint density at radius 3 is 2.10 bits per heavy atom. The van der Waals surface area contributed by atoms with Crippen molar-refractivity contribution < 1.29 is 9.26 Å². The van der Waals surface area contributed by atoms with Gasteiger partial charge in [0.25, 0.3) is 0 Å². The van der Waals surface area contributed by atoms with Gasteiger partial charge in [-0.05, 0) is 37.1 Å². The van der Waals surface area contributed by atoms with Crippen LogP contribution in [0.25, 0.3) is 22.5 Å². The van der Waals surface area contributed by atoms with Gasteiger partial charge in [0.2, 0.25) is 0 Å². The van der Waals surface area contributed by atoms with E-state index >= 15 is 0 Å². The quantitative estimate of drug-likeness (QED) is 0.412. The monoisotopic (exact) mass is 384 g/mol.